The van der Waals surface area contributed by atoms with Gasteiger partial charge in [0.1, 0.15) is 6.26 Å². The largest absolute Gasteiger partial charge is 0.364 e. The van der Waals surface area contributed by atoms with E-state index in [-0.39, 0.29) is 6.04 Å². The molecule has 0 amide bonds. The SMILES string of the molecule is Cc1nocc1CC(N=[N+]=[N-])c1cccc(Cl)c1. The van der Waals surface area contributed by atoms with Crippen molar-refractivity contribution in [3.8, 4) is 0 Å². The Morgan fingerprint density at radius 1 is 1.56 bits per heavy atom. The highest BCUT2D eigenvalue weighted by Crippen LogP contribution is 2.25. The molecular weight excluding hydrogens is 252 g/mol. The zero-order valence-corrected chi connectivity index (χ0v) is 10.5. The third-order valence-electron chi connectivity index (χ3n) is 2.69. The molecule has 5 nitrogen and oxygen atoms in total. The molecule has 0 aliphatic heterocycles. The Labute approximate surface area is 109 Å². The molecule has 1 unspecified atom stereocenters. The summed E-state index contributed by atoms with van der Waals surface area (Å²) in [6.45, 7) is 1.85. The maximum absolute atomic E-state index is 8.65. The number of hydrogen-bond donors (Lipinski definition) is 0. The van der Waals surface area contributed by atoms with Crippen LogP contribution in [0.1, 0.15) is 22.9 Å². The Balaban J connectivity index is 2.29. The Bertz CT molecular complexity index is 589. The first-order valence-electron chi connectivity index (χ1n) is 5.40. The summed E-state index contributed by atoms with van der Waals surface area (Å²) in [6, 6.07) is 6.98. The van der Waals surface area contributed by atoms with E-state index in [1.54, 1.807) is 18.4 Å². The minimum absolute atomic E-state index is 0.313. The second-order valence-electron chi connectivity index (χ2n) is 3.91. The van der Waals surface area contributed by atoms with Gasteiger partial charge in [-0.05, 0) is 36.6 Å². The van der Waals surface area contributed by atoms with Crippen LogP contribution >= 0.6 is 11.6 Å². The summed E-state index contributed by atoms with van der Waals surface area (Å²) in [6.07, 6.45) is 2.11. The Hall–Kier alpha value is -1.97. The monoisotopic (exact) mass is 262 g/mol. The highest BCUT2D eigenvalue weighted by molar-refractivity contribution is 6.30. The molecule has 0 spiro atoms. The fourth-order valence-electron chi connectivity index (χ4n) is 1.72. The van der Waals surface area contributed by atoms with Crippen LogP contribution in [0.25, 0.3) is 10.4 Å². The standard InChI is InChI=1S/C12H11ClN4O/c1-8-10(7-18-16-8)6-12(15-17-14)9-3-2-4-11(13)5-9/h2-5,7,12H,6H2,1H3. The highest BCUT2D eigenvalue weighted by atomic mass is 35.5. The van der Waals surface area contributed by atoms with Gasteiger partial charge in [-0.3, -0.25) is 0 Å². The van der Waals surface area contributed by atoms with Crippen LogP contribution in [0.5, 0.6) is 0 Å². The van der Waals surface area contributed by atoms with Gasteiger partial charge in [-0.1, -0.05) is 34.0 Å². The molecule has 6 heteroatoms. The first kappa shape index (κ1) is 12.5. The summed E-state index contributed by atoms with van der Waals surface area (Å²) in [5.41, 5.74) is 11.3. The second-order valence-corrected chi connectivity index (χ2v) is 4.34. The van der Waals surface area contributed by atoms with Gasteiger partial charge in [-0.2, -0.15) is 0 Å². The topological polar surface area (TPSA) is 74.8 Å². The number of aromatic nitrogens is 1. The lowest BCUT2D eigenvalue weighted by Crippen LogP contribution is -2.00. The minimum Gasteiger partial charge on any atom is -0.364 e. The summed E-state index contributed by atoms with van der Waals surface area (Å²) in [4.78, 5) is 2.88. The molecule has 92 valence electrons. The van der Waals surface area contributed by atoms with E-state index < -0.39 is 0 Å². The lowest BCUT2D eigenvalue weighted by Gasteiger charge is -2.10. The average Bonchev–Trinajstić information content (AvgIpc) is 2.74. The van der Waals surface area contributed by atoms with Crippen molar-refractivity contribution < 1.29 is 4.52 Å². The molecule has 0 saturated carbocycles. The average molecular weight is 263 g/mol. The van der Waals surface area contributed by atoms with Gasteiger partial charge in [0.2, 0.25) is 0 Å². The van der Waals surface area contributed by atoms with Gasteiger partial charge in [0.15, 0.2) is 0 Å². The molecule has 18 heavy (non-hydrogen) atoms. The van der Waals surface area contributed by atoms with Crippen LogP contribution < -0.4 is 0 Å². The second kappa shape index (κ2) is 5.58. The van der Waals surface area contributed by atoms with Crippen molar-refractivity contribution in [2.75, 3.05) is 0 Å². The number of halogens is 1. The first-order valence-corrected chi connectivity index (χ1v) is 5.78. The van der Waals surface area contributed by atoms with Crippen LogP contribution in [0.3, 0.4) is 0 Å². The number of azide groups is 1. The fourth-order valence-corrected chi connectivity index (χ4v) is 1.92. The van der Waals surface area contributed by atoms with Crippen molar-refractivity contribution in [3.05, 3.63) is 62.8 Å². The molecule has 0 aliphatic rings. The van der Waals surface area contributed by atoms with Crippen molar-refractivity contribution >= 4 is 11.6 Å². The molecule has 0 aliphatic carbocycles. The van der Waals surface area contributed by atoms with Crippen LogP contribution in [-0.4, -0.2) is 5.16 Å². The van der Waals surface area contributed by atoms with Crippen molar-refractivity contribution in [1.29, 1.82) is 0 Å². The van der Waals surface area contributed by atoms with E-state index in [9.17, 15) is 0 Å². The van der Waals surface area contributed by atoms with Gasteiger partial charge in [-0.25, -0.2) is 0 Å². The van der Waals surface area contributed by atoms with Crippen LogP contribution in [-0.2, 0) is 6.42 Å². The summed E-state index contributed by atoms with van der Waals surface area (Å²) in [7, 11) is 0. The van der Waals surface area contributed by atoms with Crippen molar-refractivity contribution in [2.45, 2.75) is 19.4 Å². The number of benzene rings is 1. The minimum atomic E-state index is -0.313. The van der Waals surface area contributed by atoms with Gasteiger partial charge in [-0.15, -0.1) is 0 Å². The lowest BCUT2D eigenvalue weighted by molar-refractivity contribution is 0.414. The van der Waals surface area contributed by atoms with Crippen molar-refractivity contribution in [1.82, 2.24) is 5.16 Å². The van der Waals surface area contributed by atoms with Crippen LogP contribution in [0.4, 0.5) is 0 Å². The summed E-state index contributed by atoms with van der Waals surface area (Å²) in [5, 5.41) is 8.23. The van der Waals surface area contributed by atoms with Gasteiger partial charge in [0.05, 0.1) is 11.7 Å². The predicted molar refractivity (Wildman–Crippen MR) is 68.3 cm³/mol. The third-order valence-corrected chi connectivity index (χ3v) is 2.92. The maximum atomic E-state index is 8.65. The van der Waals surface area contributed by atoms with Crippen LogP contribution in [0, 0.1) is 6.92 Å². The quantitative estimate of drug-likeness (QED) is 0.470. The van der Waals surface area contributed by atoms with E-state index in [0.717, 1.165) is 16.8 Å². The molecule has 1 atom stereocenters. The van der Waals surface area contributed by atoms with E-state index in [1.165, 1.54) is 0 Å². The molecule has 1 aromatic carbocycles. The number of nitrogens with zero attached hydrogens (tertiary/aromatic N) is 4. The zero-order valence-electron chi connectivity index (χ0n) is 9.75. The Kier molecular flexibility index (Phi) is 3.87. The molecule has 0 fully saturated rings. The van der Waals surface area contributed by atoms with Gasteiger partial charge >= 0.3 is 0 Å². The van der Waals surface area contributed by atoms with E-state index in [1.807, 2.05) is 19.1 Å². The normalized spacial score (nSPS) is 11.9. The summed E-state index contributed by atoms with van der Waals surface area (Å²) < 4.78 is 4.87. The highest BCUT2D eigenvalue weighted by Gasteiger charge is 2.14. The first-order chi connectivity index (χ1) is 8.70. The van der Waals surface area contributed by atoms with Gasteiger partial charge in [0.25, 0.3) is 0 Å². The van der Waals surface area contributed by atoms with E-state index >= 15 is 0 Å². The lowest BCUT2D eigenvalue weighted by atomic mass is 10.0. The smallest absolute Gasteiger partial charge is 0.127 e. The van der Waals surface area contributed by atoms with E-state index in [2.05, 4.69) is 15.2 Å². The number of aryl methyl sites for hydroxylation is 1. The van der Waals surface area contributed by atoms with Gasteiger partial charge in [0, 0.05) is 15.5 Å². The fraction of sp³-hybridized carbons (Fsp3) is 0.250. The third kappa shape index (κ3) is 2.83. The molecule has 0 saturated heterocycles. The molecule has 1 heterocycles. The Morgan fingerprint density at radius 3 is 3.00 bits per heavy atom. The Morgan fingerprint density at radius 2 is 2.39 bits per heavy atom. The molecule has 0 N–H and O–H groups in total. The molecule has 0 radical (unpaired) electrons. The molecule has 0 bridgehead atoms. The van der Waals surface area contributed by atoms with Crippen molar-refractivity contribution in [2.24, 2.45) is 5.11 Å². The van der Waals surface area contributed by atoms with Crippen molar-refractivity contribution in [3.63, 3.8) is 0 Å². The molecule has 1 aromatic heterocycles. The van der Waals surface area contributed by atoms with Crippen LogP contribution in [0.15, 0.2) is 40.2 Å². The van der Waals surface area contributed by atoms with E-state index in [4.69, 9.17) is 21.7 Å². The maximum Gasteiger partial charge on any atom is 0.127 e. The number of hydrogen-bond acceptors (Lipinski definition) is 3. The van der Waals surface area contributed by atoms with Gasteiger partial charge < -0.3 is 4.52 Å². The molecule has 2 rings (SSSR count). The van der Waals surface area contributed by atoms with E-state index in [0.29, 0.717) is 11.4 Å². The predicted octanol–water partition coefficient (Wildman–Crippen LogP) is 4.23. The molecular formula is C12H11ClN4O. The summed E-state index contributed by atoms with van der Waals surface area (Å²) in [5.74, 6) is 0. The molecule has 2 aromatic rings. The number of rotatable bonds is 4. The van der Waals surface area contributed by atoms with Crippen LogP contribution in [0.2, 0.25) is 5.02 Å². The summed E-state index contributed by atoms with van der Waals surface area (Å²) >= 11 is 5.94. The zero-order chi connectivity index (χ0) is 13.0.